The van der Waals surface area contributed by atoms with E-state index in [-0.39, 0.29) is 11.9 Å². The van der Waals surface area contributed by atoms with Crippen LogP contribution >= 0.6 is 27.5 Å². The van der Waals surface area contributed by atoms with Crippen molar-refractivity contribution in [1.82, 2.24) is 5.32 Å². The van der Waals surface area contributed by atoms with Gasteiger partial charge in [0.25, 0.3) is 0 Å². The van der Waals surface area contributed by atoms with Crippen LogP contribution in [0.5, 0.6) is 0 Å². The molecule has 0 aromatic heterocycles. The van der Waals surface area contributed by atoms with Crippen LogP contribution in [-0.4, -0.2) is 6.54 Å². The molecule has 2 aromatic rings. The third-order valence-electron chi connectivity index (χ3n) is 3.39. The van der Waals surface area contributed by atoms with E-state index in [1.807, 2.05) is 30.3 Å². The highest BCUT2D eigenvalue weighted by atomic mass is 79.9. The van der Waals surface area contributed by atoms with Gasteiger partial charge in [0.1, 0.15) is 5.82 Å². The summed E-state index contributed by atoms with van der Waals surface area (Å²) in [5, 5.41) is 3.94. The molecule has 0 saturated carbocycles. The van der Waals surface area contributed by atoms with Crippen LogP contribution in [0.3, 0.4) is 0 Å². The van der Waals surface area contributed by atoms with Crippen molar-refractivity contribution in [3.05, 3.63) is 68.4 Å². The second-order valence-corrected chi connectivity index (χ2v) is 6.38. The molecular formula is C17H18BrClFN. The molecule has 1 unspecified atom stereocenters. The summed E-state index contributed by atoms with van der Waals surface area (Å²) in [5.74, 6) is -0.270. The van der Waals surface area contributed by atoms with Gasteiger partial charge in [0.05, 0.1) is 6.04 Å². The predicted molar refractivity (Wildman–Crippen MR) is 90.4 cm³/mol. The Morgan fingerprint density at radius 3 is 2.52 bits per heavy atom. The van der Waals surface area contributed by atoms with Crippen LogP contribution in [0.15, 0.2) is 40.9 Å². The summed E-state index contributed by atoms with van der Waals surface area (Å²) < 4.78 is 14.6. The van der Waals surface area contributed by atoms with E-state index in [1.165, 1.54) is 6.07 Å². The maximum Gasteiger partial charge on any atom is 0.127 e. The zero-order chi connectivity index (χ0) is 15.4. The van der Waals surface area contributed by atoms with Gasteiger partial charge in [-0.3, -0.25) is 0 Å². The summed E-state index contributed by atoms with van der Waals surface area (Å²) >= 11 is 9.71. The second kappa shape index (κ2) is 7.39. The first-order valence-corrected chi connectivity index (χ1v) is 8.14. The fourth-order valence-corrected chi connectivity index (χ4v) is 2.78. The van der Waals surface area contributed by atoms with Gasteiger partial charge in [0.2, 0.25) is 0 Å². The Bertz CT molecular complexity index is 613. The van der Waals surface area contributed by atoms with Gasteiger partial charge in [0.15, 0.2) is 0 Å². The summed E-state index contributed by atoms with van der Waals surface area (Å²) in [4.78, 5) is 0. The quantitative estimate of drug-likeness (QED) is 0.718. The highest BCUT2D eigenvalue weighted by molar-refractivity contribution is 9.10. The lowest BCUT2D eigenvalue weighted by atomic mass is 9.97. The molecule has 21 heavy (non-hydrogen) atoms. The summed E-state index contributed by atoms with van der Waals surface area (Å²) in [6, 6.07) is 11.3. The maximum atomic E-state index is 13.6. The van der Waals surface area contributed by atoms with Crippen molar-refractivity contribution in [3.8, 4) is 0 Å². The Labute approximate surface area is 138 Å². The van der Waals surface area contributed by atoms with Crippen LogP contribution in [0.4, 0.5) is 4.39 Å². The van der Waals surface area contributed by atoms with E-state index in [0.29, 0.717) is 10.6 Å². The van der Waals surface area contributed by atoms with E-state index >= 15 is 0 Å². The first-order chi connectivity index (χ1) is 10.0. The normalized spacial score (nSPS) is 12.4. The maximum absolute atomic E-state index is 13.6. The smallest absolute Gasteiger partial charge is 0.127 e. The van der Waals surface area contributed by atoms with Crippen LogP contribution in [0, 0.1) is 12.7 Å². The average molecular weight is 371 g/mol. The Hall–Kier alpha value is -0.900. The predicted octanol–water partition coefficient (Wildman–Crippen LogP) is 5.64. The van der Waals surface area contributed by atoms with Crippen LogP contribution in [0.2, 0.25) is 5.02 Å². The van der Waals surface area contributed by atoms with E-state index in [2.05, 4.69) is 28.2 Å². The van der Waals surface area contributed by atoms with Gasteiger partial charge in [-0.2, -0.15) is 0 Å². The molecule has 0 bridgehead atoms. The molecule has 0 aliphatic rings. The number of nitrogens with one attached hydrogen (secondary N) is 1. The molecular weight excluding hydrogens is 353 g/mol. The SMILES string of the molecule is CCCNC(c1ccc(Br)cc1)c1cc(C)c(F)cc1Cl. The first kappa shape index (κ1) is 16.5. The molecule has 1 nitrogen and oxygen atoms in total. The van der Waals surface area contributed by atoms with Crippen LogP contribution in [-0.2, 0) is 0 Å². The lowest BCUT2D eigenvalue weighted by Crippen LogP contribution is -2.23. The van der Waals surface area contributed by atoms with E-state index in [9.17, 15) is 4.39 Å². The molecule has 1 atom stereocenters. The highest BCUT2D eigenvalue weighted by Gasteiger charge is 2.18. The molecule has 0 saturated heterocycles. The molecule has 0 radical (unpaired) electrons. The fraction of sp³-hybridized carbons (Fsp3) is 0.294. The average Bonchev–Trinajstić information content (AvgIpc) is 2.46. The third kappa shape index (κ3) is 4.06. The second-order valence-electron chi connectivity index (χ2n) is 5.06. The van der Waals surface area contributed by atoms with E-state index in [1.54, 1.807) is 6.92 Å². The minimum absolute atomic E-state index is 0.0372. The molecule has 112 valence electrons. The number of hydrogen-bond donors (Lipinski definition) is 1. The van der Waals surface area contributed by atoms with E-state index in [0.717, 1.165) is 28.6 Å². The van der Waals surface area contributed by atoms with Crippen molar-refractivity contribution in [3.63, 3.8) is 0 Å². The van der Waals surface area contributed by atoms with Gasteiger partial charge >= 0.3 is 0 Å². The van der Waals surface area contributed by atoms with Crippen molar-refractivity contribution in [2.24, 2.45) is 0 Å². The van der Waals surface area contributed by atoms with Crippen molar-refractivity contribution < 1.29 is 4.39 Å². The van der Waals surface area contributed by atoms with Crippen LogP contribution in [0.1, 0.15) is 36.1 Å². The summed E-state index contributed by atoms with van der Waals surface area (Å²) in [6.07, 6.45) is 1.02. The zero-order valence-electron chi connectivity index (χ0n) is 12.1. The monoisotopic (exact) mass is 369 g/mol. The van der Waals surface area contributed by atoms with E-state index < -0.39 is 0 Å². The summed E-state index contributed by atoms with van der Waals surface area (Å²) in [6.45, 7) is 4.74. The number of hydrogen-bond acceptors (Lipinski definition) is 1. The van der Waals surface area contributed by atoms with Crippen molar-refractivity contribution in [1.29, 1.82) is 0 Å². The van der Waals surface area contributed by atoms with E-state index in [4.69, 9.17) is 11.6 Å². The fourth-order valence-electron chi connectivity index (χ4n) is 2.25. The molecule has 2 rings (SSSR count). The van der Waals surface area contributed by atoms with Crippen molar-refractivity contribution in [2.75, 3.05) is 6.54 Å². The third-order valence-corrected chi connectivity index (χ3v) is 4.25. The number of rotatable bonds is 5. The van der Waals surface area contributed by atoms with Gasteiger partial charge in [-0.25, -0.2) is 4.39 Å². The van der Waals surface area contributed by atoms with Crippen LogP contribution in [0.25, 0.3) is 0 Å². The molecule has 0 fully saturated rings. The molecule has 0 aliphatic carbocycles. The number of aryl methyl sites for hydroxylation is 1. The van der Waals surface area contributed by atoms with Gasteiger partial charge < -0.3 is 5.32 Å². The topological polar surface area (TPSA) is 12.0 Å². The largest absolute Gasteiger partial charge is 0.306 e. The molecule has 0 amide bonds. The molecule has 4 heteroatoms. The van der Waals surface area contributed by atoms with Gasteiger partial charge in [-0.05, 0) is 60.8 Å². The molecule has 0 aliphatic heterocycles. The summed E-state index contributed by atoms with van der Waals surface area (Å²) in [5.41, 5.74) is 2.63. The molecule has 0 heterocycles. The standard InChI is InChI=1S/C17H18BrClFN/c1-3-8-21-17(12-4-6-13(18)7-5-12)14-9-11(2)16(20)10-15(14)19/h4-7,9-10,17,21H,3,8H2,1-2H3. The lowest BCUT2D eigenvalue weighted by molar-refractivity contribution is 0.590. The van der Waals surface area contributed by atoms with Gasteiger partial charge in [-0.15, -0.1) is 0 Å². The molecule has 1 N–H and O–H groups in total. The number of halogens is 3. The highest BCUT2D eigenvalue weighted by Crippen LogP contribution is 2.31. The van der Waals surface area contributed by atoms with Gasteiger partial charge in [-0.1, -0.05) is 46.6 Å². The van der Waals surface area contributed by atoms with Crippen molar-refractivity contribution >= 4 is 27.5 Å². The Balaban J connectivity index is 2.45. The summed E-state index contributed by atoms with van der Waals surface area (Å²) in [7, 11) is 0. The molecule has 0 spiro atoms. The molecule has 2 aromatic carbocycles. The minimum Gasteiger partial charge on any atom is -0.306 e. The first-order valence-electron chi connectivity index (χ1n) is 6.97. The minimum atomic E-state index is -0.270. The number of benzene rings is 2. The Kier molecular flexibility index (Phi) is 5.80. The van der Waals surface area contributed by atoms with Crippen molar-refractivity contribution in [2.45, 2.75) is 26.3 Å². The Morgan fingerprint density at radius 2 is 1.90 bits per heavy atom. The zero-order valence-corrected chi connectivity index (χ0v) is 14.4. The lowest BCUT2D eigenvalue weighted by Gasteiger charge is -2.21. The van der Waals surface area contributed by atoms with Crippen LogP contribution < -0.4 is 5.32 Å². The van der Waals surface area contributed by atoms with Gasteiger partial charge in [0, 0.05) is 9.50 Å². The Morgan fingerprint density at radius 1 is 1.24 bits per heavy atom.